The third-order valence-corrected chi connectivity index (χ3v) is 2.19. The van der Waals surface area contributed by atoms with Gasteiger partial charge in [-0.15, -0.1) is 0 Å². The Hall–Kier alpha value is -1.18. The predicted octanol–water partition coefficient (Wildman–Crippen LogP) is 2.19. The van der Waals surface area contributed by atoms with E-state index in [9.17, 15) is 4.39 Å². The van der Waals surface area contributed by atoms with Gasteiger partial charge in [-0.25, -0.2) is 4.39 Å². The van der Waals surface area contributed by atoms with Gasteiger partial charge in [-0.3, -0.25) is 4.99 Å². The van der Waals surface area contributed by atoms with E-state index < -0.39 is 0 Å². The molecule has 0 unspecified atom stereocenters. The lowest BCUT2D eigenvalue weighted by atomic mass is 9.98. The Kier molecular flexibility index (Phi) is 1.68. The summed E-state index contributed by atoms with van der Waals surface area (Å²) >= 11 is 0. The van der Waals surface area contributed by atoms with Gasteiger partial charge in [-0.1, -0.05) is 12.1 Å². The van der Waals surface area contributed by atoms with E-state index >= 15 is 0 Å². The highest BCUT2D eigenvalue weighted by Crippen LogP contribution is 2.18. The summed E-state index contributed by atoms with van der Waals surface area (Å²) in [5.41, 5.74) is 2.63. The number of aliphatic imine (C=N–C) groups is 1. The van der Waals surface area contributed by atoms with Crippen molar-refractivity contribution in [2.45, 2.75) is 13.3 Å². The third kappa shape index (κ3) is 1.04. The molecule has 0 spiro atoms. The number of hydrogen-bond acceptors (Lipinski definition) is 1. The zero-order valence-electron chi connectivity index (χ0n) is 6.97. The van der Waals surface area contributed by atoms with Crippen LogP contribution in [0.4, 0.5) is 4.39 Å². The van der Waals surface area contributed by atoms with Crippen molar-refractivity contribution in [2.75, 3.05) is 6.54 Å². The molecule has 0 saturated carbocycles. The lowest BCUT2D eigenvalue weighted by Crippen LogP contribution is -2.11. The molecule has 62 valence electrons. The van der Waals surface area contributed by atoms with Gasteiger partial charge in [-0.05, 0) is 25.0 Å². The average molecular weight is 163 g/mol. The molecule has 0 bridgehead atoms. The first-order chi connectivity index (χ1) is 5.79. The molecule has 12 heavy (non-hydrogen) atoms. The molecule has 0 N–H and O–H groups in total. The second-order valence-corrected chi connectivity index (χ2v) is 2.99. The Labute approximate surface area is 70.9 Å². The molecule has 1 aromatic rings. The standard InChI is InChI=1S/C10H10FN/c1-7-10-8(5-6-12-7)3-2-4-9(10)11/h2-4H,5-6H2,1H3. The summed E-state index contributed by atoms with van der Waals surface area (Å²) in [5, 5.41) is 0. The van der Waals surface area contributed by atoms with Gasteiger partial charge in [0.1, 0.15) is 5.82 Å². The molecule has 0 radical (unpaired) electrons. The van der Waals surface area contributed by atoms with Crippen molar-refractivity contribution >= 4 is 5.71 Å². The predicted molar refractivity (Wildman–Crippen MR) is 47.2 cm³/mol. The van der Waals surface area contributed by atoms with Gasteiger partial charge in [0, 0.05) is 17.8 Å². The van der Waals surface area contributed by atoms with Crippen molar-refractivity contribution in [2.24, 2.45) is 4.99 Å². The van der Waals surface area contributed by atoms with Crippen LogP contribution in [0.2, 0.25) is 0 Å². The monoisotopic (exact) mass is 163 g/mol. The van der Waals surface area contributed by atoms with Gasteiger partial charge in [-0.2, -0.15) is 0 Å². The average Bonchev–Trinajstić information content (AvgIpc) is 2.04. The van der Waals surface area contributed by atoms with E-state index in [2.05, 4.69) is 4.99 Å². The molecule has 0 aliphatic carbocycles. The van der Waals surface area contributed by atoms with Gasteiger partial charge < -0.3 is 0 Å². The van der Waals surface area contributed by atoms with Crippen LogP contribution in [0, 0.1) is 5.82 Å². The normalized spacial score (nSPS) is 15.3. The molecule has 2 rings (SSSR count). The fourth-order valence-electron chi connectivity index (χ4n) is 1.61. The van der Waals surface area contributed by atoms with Crippen LogP contribution in [0.1, 0.15) is 18.1 Å². The van der Waals surface area contributed by atoms with E-state index in [0.29, 0.717) is 5.56 Å². The van der Waals surface area contributed by atoms with Crippen LogP contribution in [0.3, 0.4) is 0 Å². The highest BCUT2D eigenvalue weighted by atomic mass is 19.1. The molecule has 1 aliphatic heterocycles. The molecule has 0 amide bonds. The second kappa shape index (κ2) is 2.70. The minimum atomic E-state index is -0.145. The number of nitrogens with zero attached hydrogens (tertiary/aromatic N) is 1. The second-order valence-electron chi connectivity index (χ2n) is 2.99. The van der Waals surface area contributed by atoms with E-state index in [1.54, 1.807) is 6.07 Å². The zero-order valence-corrected chi connectivity index (χ0v) is 6.97. The van der Waals surface area contributed by atoms with Crippen molar-refractivity contribution in [1.29, 1.82) is 0 Å². The Morgan fingerprint density at radius 2 is 2.25 bits per heavy atom. The molecule has 2 heteroatoms. The molecule has 1 aliphatic rings. The highest BCUT2D eigenvalue weighted by Gasteiger charge is 2.13. The molecule has 0 aromatic heterocycles. The van der Waals surface area contributed by atoms with E-state index in [1.165, 1.54) is 6.07 Å². The summed E-state index contributed by atoms with van der Waals surface area (Å²) in [7, 11) is 0. The smallest absolute Gasteiger partial charge is 0.132 e. The maximum Gasteiger partial charge on any atom is 0.132 e. The fraction of sp³-hybridized carbons (Fsp3) is 0.300. The number of rotatable bonds is 0. The molecule has 0 fully saturated rings. The van der Waals surface area contributed by atoms with Crippen LogP contribution in [0.15, 0.2) is 23.2 Å². The van der Waals surface area contributed by atoms with E-state index in [4.69, 9.17) is 0 Å². The van der Waals surface area contributed by atoms with Crippen molar-refractivity contribution in [3.63, 3.8) is 0 Å². The quantitative estimate of drug-likeness (QED) is 0.556. The van der Waals surface area contributed by atoms with Crippen molar-refractivity contribution < 1.29 is 4.39 Å². The summed E-state index contributed by atoms with van der Waals surface area (Å²) in [6.45, 7) is 2.66. The van der Waals surface area contributed by atoms with Crippen molar-refractivity contribution in [1.82, 2.24) is 0 Å². The zero-order chi connectivity index (χ0) is 8.55. The topological polar surface area (TPSA) is 12.4 Å². The maximum atomic E-state index is 13.2. The fourth-order valence-corrected chi connectivity index (χ4v) is 1.61. The Bertz CT molecular complexity index is 342. The maximum absolute atomic E-state index is 13.2. The van der Waals surface area contributed by atoms with E-state index in [0.717, 1.165) is 24.2 Å². The van der Waals surface area contributed by atoms with Crippen LogP contribution in [-0.4, -0.2) is 12.3 Å². The minimum Gasteiger partial charge on any atom is -0.289 e. The largest absolute Gasteiger partial charge is 0.289 e. The Morgan fingerprint density at radius 3 is 3.00 bits per heavy atom. The lowest BCUT2D eigenvalue weighted by molar-refractivity contribution is 0.621. The van der Waals surface area contributed by atoms with E-state index in [1.807, 2.05) is 13.0 Å². The minimum absolute atomic E-state index is 0.145. The van der Waals surface area contributed by atoms with Crippen LogP contribution < -0.4 is 0 Å². The SMILES string of the molecule is CC1=NCCc2cccc(F)c21. The number of benzene rings is 1. The summed E-state index contributed by atoms with van der Waals surface area (Å²) in [6, 6.07) is 5.21. The molecule has 1 aromatic carbocycles. The summed E-state index contributed by atoms with van der Waals surface area (Å²) in [5.74, 6) is -0.145. The van der Waals surface area contributed by atoms with E-state index in [-0.39, 0.29) is 5.82 Å². The van der Waals surface area contributed by atoms with Crippen LogP contribution in [-0.2, 0) is 6.42 Å². The molecular weight excluding hydrogens is 153 g/mol. The summed E-state index contributed by atoms with van der Waals surface area (Å²) in [4.78, 5) is 4.21. The van der Waals surface area contributed by atoms with Gasteiger partial charge >= 0.3 is 0 Å². The number of halogens is 1. The van der Waals surface area contributed by atoms with Crippen molar-refractivity contribution in [3.05, 3.63) is 35.1 Å². The number of fused-ring (bicyclic) bond motifs is 1. The highest BCUT2D eigenvalue weighted by molar-refractivity contribution is 6.00. The molecular formula is C10H10FN. The molecule has 1 heterocycles. The number of hydrogen-bond donors (Lipinski definition) is 0. The molecule has 1 nitrogen and oxygen atoms in total. The first kappa shape index (κ1) is 7.47. The third-order valence-electron chi connectivity index (χ3n) is 2.19. The summed E-state index contributed by atoms with van der Waals surface area (Å²) in [6.07, 6.45) is 0.866. The van der Waals surface area contributed by atoms with Crippen LogP contribution in [0.25, 0.3) is 0 Å². The van der Waals surface area contributed by atoms with Gasteiger partial charge in [0.25, 0.3) is 0 Å². The van der Waals surface area contributed by atoms with Crippen LogP contribution >= 0.6 is 0 Å². The summed E-state index contributed by atoms with van der Waals surface area (Å²) < 4.78 is 13.2. The van der Waals surface area contributed by atoms with Gasteiger partial charge in [0.15, 0.2) is 0 Å². The van der Waals surface area contributed by atoms with Gasteiger partial charge in [0.05, 0.1) is 0 Å². The Balaban J connectivity index is 2.64. The first-order valence-corrected chi connectivity index (χ1v) is 4.08. The molecule has 0 saturated heterocycles. The van der Waals surface area contributed by atoms with Gasteiger partial charge in [0.2, 0.25) is 0 Å². The van der Waals surface area contributed by atoms with Crippen LogP contribution in [0.5, 0.6) is 0 Å². The van der Waals surface area contributed by atoms with Crippen molar-refractivity contribution in [3.8, 4) is 0 Å². The Morgan fingerprint density at radius 1 is 1.42 bits per heavy atom. The lowest BCUT2D eigenvalue weighted by Gasteiger charge is -2.14. The molecule has 0 atom stereocenters. The first-order valence-electron chi connectivity index (χ1n) is 4.08.